The summed E-state index contributed by atoms with van der Waals surface area (Å²) in [5.41, 5.74) is 1.24. The van der Waals surface area contributed by atoms with Gasteiger partial charge in [-0.15, -0.1) is 0 Å². The standard InChI is InChI=1S/C16H23NO3/c1-13-8-16(20-12-19-2)9-15(11-18)17(13)10-14-6-4-3-5-7-14/h3-7,11,13,15-16H,8-10,12H2,1-2H3/t13-,15-,16+/m1/s1. The molecule has 1 aliphatic heterocycles. The van der Waals surface area contributed by atoms with E-state index in [1.165, 1.54) is 5.56 Å². The number of aldehydes is 1. The average molecular weight is 277 g/mol. The van der Waals surface area contributed by atoms with Gasteiger partial charge in [0, 0.05) is 19.7 Å². The van der Waals surface area contributed by atoms with Crippen LogP contribution in [0.15, 0.2) is 30.3 Å². The first-order valence-electron chi connectivity index (χ1n) is 7.10. The lowest BCUT2D eigenvalue weighted by Gasteiger charge is -2.41. The summed E-state index contributed by atoms with van der Waals surface area (Å²) in [5.74, 6) is 0. The summed E-state index contributed by atoms with van der Waals surface area (Å²) < 4.78 is 10.6. The van der Waals surface area contributed by atoms with Crippen LogP contribution in [0, 0.1) is 0 Å². The van der Waals surface area contributed by atoms with E-state index in [4.69, 9.17) is 9.47 Å². The Morgan fingerprint density at radius 2 is 2.05 bits per heavy atom. The van der Waals surface area contributed by atoms with Crippen LogP contribution in [0.5, 0.6) is 0 Å². The number of ether oxygens (including phenoxy) is 2. The summed E-state index contributed by atoms with van der Waals surface area (Å²) in [6.45, 7) is 3.26. The Hall–Kier alpha value is -1.23. The number of benzene rings is 1. The van der Waals surface area contributed by atoms with Crippen molar-refractivity contribution in [2.75, 3.05) is 13.9 Å². The van der Waals surface area contributed by atoms with Gasteiger partial charge in [0.2, 0.25) is 0 Å². The van der Waals surface area contributed by atoms with E-state index in [-0.39, 0.29) is 12.1 Å². The van der Waals surface area contributed by atoms with Gasteiger partial charge in [-0.2, -0.15) is 0 Å². The number of piperidine rings is 1. The van der Waals surface area contributed by atoms with E-state index in [9.17, 15) is 4.79 Å². The van der Waals surface area contributed by atoms with Crippen molar-refractivity contribution in [3.63, 3.8) is 0 Å². The highest BCUT2D eigenvalue weighted by Crippen LogP contribution is 2.26. The van der Waals surface area contributed by atoms with Gasteiger partial charge in [0.15, 0.2) is 0 Å². The minimum absolute atomic E-state index is 0.0826. The Labute approximate surface area is 120 Å². The monoisotopic (exact) mass is 277 g/mol. The fraction of sp³-hybridized carbons (Fsp3) is 0.562. The van der Waals surface area contributed by atoms with Crippen LogP contribution in [0.4, 0.5) is 0 Å². The third-order valence-corrected chi connectivity index (χ3v) is 3.89. The van der Waals surface area contributed by atoms with Crippen LogP contribution in [0.2, 0.25) is 0 Å². The first kappa shape index (κ1) is 15.2. The highest BCUT2D eigenvalue weighted by Gasteiger charge is 2.33. The Bertz CT molecular complexity index is 409. The van der Waals surface area contributed by atoms with Crippen molar-refractivity contribution < 1.29 is 14.3 Å². The number of carbonyl (C=O) groups is 1. The van der Waals surface area contributed by atoms with Crippen LogP contribution in [-0.4, -0.2) is 43.3 Å². The smallest absolute Gasteiger partial charge is 0.146 e. The lowest BCUT2D eigenvalue weighted by atomic mass is 9.94. The van der Waals surface area contributed by atoms with Crippen molar-refractivity contribution in [1.82, 2.24) is 4.90 Å². The third-order valence-electron chi connectivity index (χ3n) is 3.89. The predicted octanol–water partition coefficient (Wildman–Crippen LogP) is 2.23. The molecule has 1 fully saturated rings. The molecule has 0 N–H and O–H groups in total. The molecule has 1 heterocycles. The van der Waals surface area contributed by atoms with Gasteiger partial charge in [0.05, 0.1) is 12.1 Å². The van der Waals surface area contributed by atoms with Gasteiger partial charge in [0.25, 0.3) is 0 Å². The van der Waals surface area contributed by atoms with E-state index in [0.29, 0.717) is 12.8 Å². The maximum Gasteiger partial charge on any atom is 0.146 e. The van der Waals surface area contributed by atoms with E-state index in [1.54, 1.807) is 7.11 Å². The highest BCUT2D eigenvalue weighted by atomic mass is 16.7. The van der Waals surface area contributed by atoms with E-state index in [1.807, 2.05) is 18.2 Å². The fourth-order valence-electron chi connectivity index (χ4n) is 2.85. The number of hydrogen-bond acceptors (Lipinski definition) is 4. The van der Waals surface area contributed by atoms with Crippen molar-refractivity contribution in [1.29, 1.82) is 0 Å². The molecule has 1 aromatic carbocycles. The molecule has 0 radical (unpaired) electrons. The second-order valence-corrected chi connectivity index (χ2v) is 5.38. The third kappa shape index (κ3) is 3.88. The van der Waals surface area contributed by atoms with Crippen LogP contribution < -0.4 is 0 Å². The van der Waals surface area contributed by atoms with Gasteiger partial charge in [0.1, 0.15) is 13.1 Å². The lowest BCUT2D eigenvalue weighted by Crippen LogP contribution is -2.50. The van der Waals surface area contributed by atoms with Crippen LogP contribution >= 0.6 is 0 Å². The SMILES string of the molecule is COCO[C@H]1C[C@@H](C)N(Cc2ccccc2)[C@@H](C=O)C1. The quantitative estimate of drug-likeness (QED) is 0.590. The normalized spacial score (nSPS) is 27.4. The molecule has 0 aromatic heterocycles. The number of rotatable bonds is 6. The van der Waals surface area contributed by atoms with Gasteiger partial charge in [-0.05, 0) is 25.3 Å². The summed E-state index contributed by atoms with van der Waals surface area (Å²) in [6.07, 6.45) is 2.82. The number of methoxy groups -OCH3 is 1. The molecule has 4 nitrogen and oxygen atoms in total. The van der Waals surface area contributed by atoms with E-state index in [0.717, 1.165) is 25.7 Å². The molecule has 110 valence electrons. The fourth-order valence-corrected chi connectivity index (χ4v) is 2.85. The maximum absolute atomic E-state index is 11.4. The zero-order valence-corrected chi connectivity index (χ0v) is 12.2. The van der Waals surface area contributed by atoms with Crippen molar-refractivity contribution in [3.8, 4) is 0 Å². The summed E-state index contributed by atoms with van der Waals surface area (Å²) in [7, 11) is 1.62. The molecule has 4 heteroatoms. The Balaban J connectivity index is 2.00. The Kier molecular flexibility index (Phi) is 5.71. The molecule has 0 bridgehead atoms. The largest absolute Gasteiger partial charge is 0.359 e. The molecule has 3 atom stereocenters. The summed E-state index contributed by atoms with van der Waals surface area (Å²) in [4.78, 5) is 13.7. The minimum atomic E-state index is -0.0826. The van der Waals surface area contributed by atoms with Crippen LogP contribution in [0.25, 0.3) is 0 Å². The molecule has 1 aliphatic rings. The molecule has 0 amide bonds. The molecule has 1 aromatic rings. The van der Waals surface area contributed by atoms with Crippen molar-refractivity contribution in [2.45, 2.75) is 44.5 Å². The van der Waals surface area contributed by atoms with Gasteiger partial charge < -0.3 is 14.3 Å². The lowest BCUT2D eigenvalue weighted by molar-refractivity contribution is -0.128. The molecule has 2 rings (SSSR count). The van der Waals surface area contributed by atoms with Crippen LogP contribution in [0.3, 0.4) is 0 Å². The highest BCUT2D eigenvalue weighted by molar-refractivity contribution is 5.58. The van der Waals surface area contributed by atoms with Crippen molar-refractivity contribution in [2.24, 2.45) is 0 Å². The number of nitrogens with zero attached hydrogens (tertiary/aromatic N) is 1. The van der Waals surface area contributed by atoms with Crippen molar-refractivity contribution >= 4 is 6.29 Å². The molecule has 0 spiro atoms. The number of hydrogen-bond donors (Lipinski definition) is 0. The molecule has 1 saturated heterocycles. The molecular formula is C16H23NO3. The maximum atomic E-state index is 11.4. The molecule has 0 unspecified atom stereocenters. The number of carbonyl (C=O) groups excluding carboxylic acids is 1. The van der Waals surface area contributed by atoms with E-state index in [2.05, 4.69) is 24.0 Å². The second-order valence-electron chi connectivity index (χ2n) is 5.38. The van der Waals surface area contributed by atoms with Gasteiger partial charge in [-0.25, -0.2) is 0 Å². The van der Waals surface area contributed by atoms with Gasteiger partial charge in [-0.3, -0.25) is 4.90 Å². The topological polar surface area (TPSA) is 38.8 Å². The zero-order chi connectivity index (χ0) is 14.4. The Morgan fingerprint density at radius 3 is 2.70 bits per heavy atom. The first-order chi connectivity index (χ1) is 9.74. The van der Waals surface area contributed by atoms with Gasteiger partial charge >= 0.3 is 0 Å². The van der Waals surface area contributed by atoms with Crippen LogP contribution in [-0.2, 0) is 20.8 Å². The molecule has 0 saturated carbocycles. The summed E-state index contributed by atoms with van der Waals surface area (Å²) in [6, 6.07) is 10.5. The van der Waals surface area contributed by atoms with Crippen molar-refractivity contribution in [3.05, 3.63) is 35.9 Å². The first-order valence-corrected chi connectivity index (χ1v) is 7.10. The van der Waals surface area contributed by atoms with E-state index >= 15 is 0 Å². The van der Waals surface area contributed by atoms with Gasteiger partial charge in [-0.1, -0.05) is 30.3 Å². The predicted molar refractivity (Wildman–Crippen MR) is 77.3 cm³/mol. The Morgan fingerprint density at radius 1 is 1.30 bits per heavy atom. The molecule has 20 heavy (non-hydrogen) atoms. The molecule has 0 aliphatic carbocycles. The second kappa shape index (κ2) is 7.53. The average Bonchev–Trinajstić information content (AvgIpc) is 2.48. The summed E-state index contributed by atoms with van der Waals surface area (Å²) >= 11 is 0. The minimum Gasteiger partial charge on any atom is -0.359 e. The van der Waals surface area contributed by atoms with Crippen LogP contribution in [0.1, 0.15) is 25.3 Å². The summed E-state index contributed by atoms with van der Waals surface area (Å²) in [5, 5.41) is 0. The zero-order valence-electron chi connectivity index (χ0n) is 12.2. The number of likely N-dealkylation sites (tertiary alicyclic amines) is 1. The van der Waals surface area contributed by atoms with E-state index < -0.39 is 0 Å². The molecular weight excluding hydrogens is 254 g/mol.